The van der Waals surface area contributed by atoms with Crippen LogP contribution in [0.3, 0.4) is 0 Å². The molecular formula is C13H17NO4. The highest BCUT2D eigenvalue weighted by Gasteiger charge is 2.20. The van der Waals surface area contributed by atoms with Crippen LogP contribution in [0.25, 0.3) is 0 Å². The molecule has 0 aliphatic carbocycles. The number of anilines is 1. The van der Waals surface area contributed by atoms with Gasteiger partial charge in [-0.15, -0.1) is 0 Å². The number of hydrogen-bond acceptors (Lipinski definition) is 3. The number of aliphatic carboxylic acids is 1. The number of carbonyl (C=O) groups excluding carboxylic acids is 1. The number of carboxylic acids is 1. The van der Waals surface area contributed by atoms with E-state index >= 15 is 0 Å². The van der Waals surface area contributed by atoms with Crippen molar-refractivity contribution >= 4 is 17.6 Å². The lowest BCUT2D eigenvalue weighted by molar-refractivity contribution is -0.139. The molecule has 1 aromatic rings. The maximum atomic E-state index is 11.7. The maximum Gasteiger partial charge on any atom is 0.341 e. The van der Waals surface area contributed by atoms with Gasteiger partial charge in [-0.1, -0.05) is 20.8 Å². The normalized spacial score (nSPS) is 10.8. The van der Waals surface area contributed by atoms with Crippen LogP contribution in [0.15, 0.2) is 24.3 Å². The molecule has 0 fully saturated rings. The van der Waals surface area contributed by atoms with E-state index in [1.165, 1.54) is 0 Å². The SMILES string of the molecule is CC(C)(C)C(=O)Nc1ccc(OCC(=O)O)cc1. The first-order valence-corrected chi connectivity index (χ1v) is 5.55. The van der Waals surface area contributed by atoms with Crippen LogP contribution < -0.4 is 10.1 Å². The minimum absolute atomic E-state index is 0.0818. The minimum atomic E-state index is -1.03. The Morgan fingerprint density at radius 1 is 1.22 bits per heavy atom. The molecule has 0 aliphatic rings. The van der Waals surface area contributed by atoms with Crippen LogP contribution in [0.4, 0.5) is 5.69 Å². The number of ether oxygens (including phenoxy) is 1. The topological polar surface area (TPSA) is 75.6 Å². The Hall–Kier alpha value is -2.04. The zero-order valence-electron chi connectivity index (χ0n) is 10.7. The van der Waals surface area contributed by atoms with Gasteiger partial charge in [0.15, 0.2) is 6.61 Å². The molecule has 0 aromatic heterocycles. The van der Waals surface area contributed by atoms with Crippen molar-refractivity contribution in [2.75, 3.05) is 11.9 Å². The van der Waals surface area contributed by atoms with Crippen LogP contribution in [-0.4, -0.2) is 23.6 Å². The molecule has 0 saturated carbocycles. The van der Waals surface area contributed by atoms with E-state index in [0.29, 0.717) is 11.4 Å². The van der Waals surface area contributed by atoms with Gasteiger partial charge in [0, 0.05) is 11.1 Å². The number of rotatable bonds is 4. The van der Waals surface area contributed by atoms with Gasteiger partial charge in [0.05, 0.1) is 0 Å². The fourth-order valence-corrected chi connectivity index (χ4v) is 1.10. The molecule has 5 heteroatoms. The van der Waals surface area contributed by atoms with Gasteiger partial charge in [0.25, 0.3) is 0 Å². The van der Waals surface area contributed by atoms with Crippen molar-refractivity contribution in [1.82, 2.24) is 0 Å². The fraction of sp³-hybridized carbons (Fsp3) is 0.385. The second-order valence-corrected chi connectivity index (χ2v) is 4.91. The van der Waals surface area contributed by atoms with Crippen molar-refractivity contribution < 1.29 is 19.4 Å². The van der Waals surface area contributed by atoms with Gasteiger partial charge in [0.1, 0.15) is 5.75 Å². The van der Waals surface area contributed by atoms with Crippen molar-refractivity contribution in [2.24, 2.45) is 5.41 Å². The first kappa shape index (κ1) is 14.0. The van der Waals surface area contributed by atoms with Gasteiger partial charge in [-0.25, -0.2) is 4.79 Å². The van der Waals surface area contributed by atoms with Crippen LogP contribution in [0, 0.1) is 5.41 Å². The number of benzene rings is 1. The molecule has 1 aromatic carbocycles. The minimum Gasteiger partial charge on any atom is -0.482 e. The standard InChI is InChI=1S/C13H17NO4/c1-13(2,3)12(17)14-9-4-6-10(7-5-9)18-8-11(15)16/h4-7H,8H2,1-3H3,(H,14,17)(H,15,16). The maximum absolute atomic E-state index is 11.7. The highest BCUT2D eigenvalue weighted by atomic mass is 16.5. The zero-order valence-corrected chi connectivity index (χ0v) is 10.7. The van der Waals surface area contributed by atoms with Crippen LogP contribution in [0.5, 0.6) is 5.75 Å². The molecule has 0 aliphatic heterocycles. The van der Waals surface area contributed by atoms with Gasteiger partial charge in [-0.3, -0.25) is 4.79 Å². The van der Waals surface area contributed by atoms with Crippen molar-refractivity contribution in [3.63, 3.8) is 0 Å². The van der Waals surface area contributed by atoms with E-state index in [4.69, 9.17) is 9.84 Å². The second-order valence-electron chi connectivity index (χ2n) is 4.91. The van der Waals surface area contributed by atoms with Gasteiger partial charge >= 0.3 is 5.97 Å². The summed E-state index contributed by atoms with van der Waals surface area (Å²) in [6, 6.07) is 6.56. The van der Waals surface area contributed by atoms with Gasteiger partial charge < -0.3 is 15.2 Å². The molecule has 0 spiro atoms. The van der Waals surface area contributed by atoms with Gasteiger partial charge in [-0.05, 0) is 24.3 Å². The summed E-state index contributed by atoms with van der Waals surface area (Å²) in [5.74, 6) is -0.659. The Kier molecular flexibility index (Phi) is 4.31. The first-order chi connectivity index (χ1) is 8.29. The van der Waals surface area contributed by atoms with Crippen molar-refractivity contribution in [3.8, 4) is 5.75 Å². The summed E-state index contributed by atoms with van der Waals surface area (Å²) in [4.78, 5) is 22.0. The van der Waals surface area contributed by atoms with Crippen LogP contribution in [0.2, 0.25) is 0 Å². The van der Waals surface area contributed by atoms with Crippen LogP contribution in [-0.2, 0) is 9.59 Å². The molecule has 0 saturated heterocycles. The number of nitrogens with one attached hydrogen (secondary N) is 1. The van der Waals surface area contributed by atoms with Crippen molar-refractivity contribution in [1.29, 1.82) is 0 Å². The lowest BCUT2D eigenvalue weighted by Crippen LogP contribution is -2.27. The van der Waals surface area contributed by atoms with Gasteiger partial charge in [-0.2, -0.15) is 0 Å². The molecular weight excluding hydrogens is 234 g/mol. The third-order valence-electron chi connectivity index (χ3n) is 2.16. The Morgan fingerprint density at radius 2 is 1.78 bits per heavy atom. The molecule has 0 bridgehead atoms. The first-order valence-electron chi connectivity index (χ1n) is 5.55. The number of hydrogen-bond donors (Lipinski definition) is 2. The summed E-state index contributed by atoms with van der Waals surface area (Å²) in [7, 11) is 0. The van der Waals surface area contributed by atoms with E-state index in [9.17, 15) is 9.59 Å². The molecule has 98 valence electrons. The molecule has 0 atom stereocenters. The smallest absolute Gasteiger partial charge is 0.341 e. The van der Waals surface area contributed by atoms with Crippen molar-refractivity contribution in [2.45, 2.75) is 20.8 Å². The molecule has 1 amide bonds. The lowest BCUT2D eigenvalue weighted by Gasteiger charge is -2.17. The molecule has 5 nitrogen and oxygen atoms in total. The molecule has 1 rings (SSSR count). The quantitative estimate of drug-likeness (QED) is 0.859. The molecule has 0 radical (unpaired) electrons. The number of carbonyl (C=O) groups is 2. The predicted octanol–water partition coefficient (Wildman–Crippen LogP) is 2.13. The summed E-state index contributed by atoms with van der Waals surface area (Å²) in [6.07, 6.45) is 0. The van der Waals surface area contributed by atoms with Gasteiger partial charge in [0.2, 0.25) is 5.91 Å². The molecule has 18 heavy (non-hydrogen) atoms. The van der Waals surface area contributed by atoms with Crippen molar-refractivity contribution in [3.05, 3.63) is 24.3 Å². The Labute approximate surface area is 106 Å². The van der Waals surface area contributed by atoms with E-state index in [0.717, 1.165) is 0 Å². The Bertz CT molecular complexity index is 431. The summed E-state index contributed by atoms with van der Waals surface area (Å²) in [5, 5.41) is 11.2. The largest absolute Gasteiger partial charge is 0.482 e. The number of amides is 1. The monoisotopic (exact) mass is 251 g/mol. The third-order valence-corrected chi connectivity index (χ3v) is 2.16. The van der Waals surface area contributed by atoms with Crippen LogP contribution in [0.1, 0.15) is 20.8 Å². The lowest BCUT2D eigenvalue weighted by atomic mass is 9.95. The Balaban J connectivity index is 2.60. The van der Waals surface area contributed by atoms with E-state index in [1.807, 2.05) is 20.8 Å². The zero-order chi connectivity index (χ0) is 13.8. The highest BCUT2D eigenvalue weighted by molar-refractivity contribution is 5.94. The van der Waals surface area contributed by atoms with E-state index < -0.39 is 11.4 Å². The van der Waals surface area contributed by atoms with E-state index in [1.54, 1.807) is 24.3 Å². The predicted molar refractivity (Wildman–Crippen MR) is 67.7 cm³/mol. The summed E-state index contributed by atoms with van der Waals surface area (Å²) in [6.45, 7) is 5.10. The van der Waals surface area contributed by atoms with E-state index in [-0.39, 0.29) is 12.5 Å². The molecule has 2 N–H and O–H groups in total. The average Bonchev–Trinajstić information content (AvgIpc) is 2.26. The summed E-state index contributed by atoms with van der Waals surface area (Å²) in [5.41, 5.74) is 0.191. The van der Waals surface area contributed by atoms with Crippen LogP contribution >= 0.6 is 0 Å². The molecule has 0 unspecified atom stereocenters. The van der Waals surface area contributed by atoms with E-state index in [2.05, 4.69) is 5.32 Å². The summed E-state index contributed by atoms with van der Waals surface area (Å²) < 4.78 is 4.98. The number of carboxylic acid groups (broad SMARTS) is 1. The average molecular weight is 251 g/mol. The fourth-order valence-electron chi connectivity index (χ4n) is 1.10. The third kappa shape index (κ3) is 4.45. The molecule has 0 heterocycles. The second kappa shape index (κ2) is 5.53. The summed E-state index contributed by atoms with van der Waals surface area (Å²) >= 11 is 0. The Morgan fingerprint density at radius 3 is 2.22 bits per heavy atom. The highest BCUT2D eigenvalue weighted by Crippen LogP contribution is 2.19.